The zero-order valence-corrected chi connectivity index (χ0v) is 24.5. The molecule has 0 saturated heterocycles. The Morgan fingerprint density at radius 1 is 1.08 bits per heavy atom. The van der Waals surface area contributed by atoms with Crippen molar-refractivity contribution in [3.05, 3.63) is 67.3 Å². The van der Waals surface area contributed by atoms with Crippen molar-refractivity contribution in [2.45, 2.75) is 44.9 Å². The first-order chi connectivity index (χ1) is 17.1. The van der Waals surface area contributed by atoms with Gasteiger partial charge in [0.05, 0.1) is 27.4 Å². The number of rotatable bonds is 10. The minimum Gasteiger partial charge on any atom is -0.342 e. The Morgan fingerprint density at radius 2 is 1.83 bits per heavy atom. The first-order valence-corrected chi connectivity index (χ1v) is 14.1. The van der Waals surface area contributed by atoms with E-state index >= 15 is 0 Å². The Labute approximate surface area is 237 Å². The summed E-state index contributed by atoms with van der Waals surface area (Å²) in [5, 5.41) is 16.4. The molecule has 0 unspecified atom stereocenters. The third kappa shape index (κ3) is 7.61. The van der Waals surface area contributed by atoms with Crippen molar-refractivity contribution in [2.75, 3.05) is 11.1 Å². The number of halogens is 4. The van der Waals surface area contributed by atoms with Crippen LogP contribution in [0.2, 0.25) is 15.1 Å². The number of hydrogen-bond donors (Lipinski definition) is 2. The molecule has 0 aliphatic rings. The maximum Gasteiger partial charge on any atom is 0.253 e. The van der Waals surface area contributed by atoms with Crippen LogP contribution in [0.4, 0.5) is 5.69 Å². The Morgan fingerprint density at radius 3 is 2.47 bits per heavy atom. The molecule has 0 spiro atoms. The van der Waals surface area contributed by atoms with E-state index in [0.29, 0.717) is 45.2 Å². The summed E-state index contributed by atoms with van der Waals surface area (Å²) < 4.78 is 2.66. The lowest BCUT2D eigenvalue weighted by Gasteiger charge is -2.21. The van der Waals surface area contributed by atoms with Gasteiger partial charge in [0, 0.05) is 21.7 Å². The van der Waals surface area contributed by atoms with E-state index in [0.717, 1.165) is 4.47 Å². The molecule has 0 radical (unpaired) electrons. The number of anilines is 1. The van der Waals surface area contributed by atoms with Gasteiger partial charge in [-0.3, -0.25) is 9.59 Å². The second-order valence-electron chi connectivity index (χ2n) is 8.33. The van der Waals surface area contributed by atoms with Crippen molar-refractivity contribution in [3.63, 3.8) is 0 Å². The molecule has 0 fully saturated rings. The number of benzene rings is 2. The number of hydrogen-bond acceptors (Lipinski definition) is 5. The van der Waals surface area contributed by atoms with E-state index in [9.17, 15) is 9.59 Å². The van der Waals surface area contributed by atoms with Gasteiger partial charge in [0.15, 0.2) is 11.0 Å². The number of thioether (sulfide) groups is 1. The van der Waals surface area contributed by atoms with Gasteiger partial charge in [-0.2, -0.15) is 0 Å². The standard InChI is InChI=1S/C24H25BrCl3N5O2S/c1-4-33-22(20(9-13(2)3)30-23(35)16-7-5-14(26)10-18(16)27)31-32-24(33)36-12-21(34)29-15-6-8-17(25)19(28)11-15/h5-8,10-11,13,20H,4,9,12H2,1-3H3,(H,29,34)(H,30,35)/t20-/m1/s1. The average Bonchev–Trinajstić information content (AvgIpc) is 3.22. The topological polar surface area (TPSA) is 88.9 Å². The normalized spacial score (nSPS) is 12.0. The summed E-state index contributed by atoms with van der Waals surface area (Å²) in [5.74, 6) is 0.502. The van der Waals surface area contributed by atoms with Gasteiger partial charge in [-0.1, -0.05) is 60.4 Å². The highest BCUT2D eigenvalue weighted by molar-refractivity contribution is 9.10. The molecule has 2 aromatic carbocycles. The lowest BCUT2D eigenvalue weighted by Crippen LogP contribution is -2.31. The summed E-state index contributed by atoms with van der Waals surface area (Å²) in [4.78, 5) is 25.5. The van der Waals surface area contributed by atoms with Gasteiger partial charge in [-0.15, -0.1) is 10.2 Å². The van der Waals surface area contributed by atoms with Crippen LogP contribution in [0.1, 0.15) is 49.4 Å². The number of carbonyl (C=O) groups excluding carboxylic acids is 2. The van der Waals surface area contributed by atoms with Crippen LogP contribution in [-0.2, 0) is 11.3 Å². The minimum atomic E-state index is -0.398. The van der Waals surface area contributed by atoms with Gasteiger partial charge in [-0.05, 0) is 71.6 Å². The highest BCUT2D eigenvalue weighted by Gasteiger charge is 2.25. The van der Waals surface area contributed by atoms with Crippen molar-refractivity contribution in [1.29, 1.82) is 0 Å². The van der Waals surface area contributed by atoms with E-state index in [2.05, 4.69) is 50.6 Å². The van der Waals surface area contributed by atoms with Gasteiger partial charge in [-0.25, -0.2) is 0 Å². The van der Waals surface area contributed by atoms with Crippen molar-refractivity contribution in [3.8, 4) is 0 Å². The van der Waals surface area contributed by atoms with Gasteiger partial charge >= 0.3 is 0 Å². The zero-order chi connectivity index (χ0) is 26.4. The fourth-order valence-electron chi connectivity index (χ4n) is 3.47. The third-order valence-electron chi connectivity index (χ3n) is 5.10. The van der Waals surface area contributed by atoms with Crippen LogP contribution >= 0.6 is 62.5 Å². The first-order valence-electron chi connectivity index (χ1n) is 11.2. The molecule has 1 atom stereocenters. The fourth-order valence-corrected chi connectivity index (χ4v) is 5.20. The largest absolute Gasteiger partial charge is 0.342 e. The zero-order valence-electron chi connectivity index (χ0n) is 19.8. The van der Waals surface area contributed by atoms with Gasteiger partial charge in [0.1, 0.15) is 0 Å². The molecule has 0 aliphatic carbocycles. The molecule has 192 valence electrons. The van der Waals surface area contributed by atoms with Crippen molar-refractivity contribution >= 4 is 80.0 Å². The molecule has 2 N–H and O–H groups in total. The molecule has 1 heterocycles. The van der Waals surface area contributed by atoms with Crippen LogP contribution < -0.4 is 10.6 Å². The molecule has 3 aromatic rings. The number of nitrogens with one attached hydrogen (secondary N) is 2. The Bertz CT molecular complexity index is 1250. The Kier molecular flexibility index (Phi) is 10.5. The molecular weight excluding hydrogens is 609 g/mol. The molecule has 0 aliphatic heterocycles. The molecule has 0 bridgehead atoms. The number of carbonyl (C=O) groups is 2. The Balaban J connectivity index is 1.74. The predicted molar refractivity (Wildman–Crippen MR) is 150 cm³/mol. The molecule has 36 heavy (non-hydrogen) atoms. The van der Waals surface area contributed by atoms with Gasteiger partial charge in [0.25, 0.3) is 5.91 Å². The fraction of sp³-hybridized carbons (Fsp3) is 0.333. The predicted octanol–water partition coefficient (Wildman–Crippen LogP) is 7.27. The summed E-state index contributed by atoms with van der Waals surface area (Å²) in [6.45, 7) is 6.66. The van der Waals surface area contributed by atoms with E-state index in [-0.39, 0.29) is 28.5 Å². The van der Waals surface area contributed by atoms with Gasteiger partial charge < -0.3 is 15.2 Å². The first kappa shape index (κ1) is 28.8. The van der Waals surface area contributed by atoms with Crippen LogP contribution in [0, 0.1) is 5.92 Å². The summed E-state index contributed by atoms with van der Waals surface area (Å²) in [6, 6.07) is 9.55. The minimum absolute atomic E-state index is 0.132. The van der Waals surface area contributed by atoms with Crippen LogP contribution in [0.3, 0.4) is 0 Å². The van der Waals surface area contributed by atoms with E-state index < -0.39 is 6.04 Å². The highest BCUT2D eigenvalue weighted by Crippen LogP contribution is 2.28. The molecule has 1 aromatic heterocycles. The van der Waals surface area contributed by atoms with E-state index in [1.54, 1.807) is 30.3 Å². The number of amides is 2. The van der Waals surface area contributed by atoms with Crippen molar-refractivity contribution in [2.24, 2.45) is 5.92 Å². The van der Waals surface area contributed by atoms with Crippen LogP contribution in [0.15, 0.2) is 46.0 Å². The molecule has 7 nitrogen and oxygen atoms in total. The van der Waals surface area contributed by atoms with Crippen LogP contribution in [0.5, 0.6) is 0 Å². The van der Waals surface area contributed by atoms with E-state index in [1.807, 2.05) is 11.5 Å². The maximum absolute atomic E-state index is 13.0. The van der Waals surface area contributed by atoms with Crippen molar-refractivity contribution < 1.29 is 9.59 Å². The van der Waals surface area contributed by atoms with Crippen LogP contribution in [-0.4, -0.2) is 32.3 Å². The number of aromatic nitrogens is 3. The highest BCUT2D eigenvalue weighted by atomic mass is 79.9. The molecular formula is C24H25BrCl3N5O2S. The van der Waals surface area contributed by atoms with Gasteiger partial charge in [0.2, 0.25) is 5.91 Å². The maximum atomic E-state index is 13.0. The van der Waals surface area contributed by atoms with E-state index in [4.69, 9.17) is 34.8 Å². The average molecular weight is 634 g/mol. The second-order valence-corrected chi connectivity index (χ2v) is 11.4. The van der Waals surface area contributed by atoms with Crippen molar-refractivity contribution in [1.82, 2.24) is 20.1 Å². The van der Waals surface area contributed by atoms with E-state index in [1.165, 1.54) is 17.8 Å². The molecule has 3 rings (SSSR count). The number of nitrogens with zero attached hydrogens (tertiary/aromatic N) is 3. The third-order valence-corrected chi connectivity index (χ3v) is 7.84. The quantitative estimate of drug-likeness (QED) is 0.229. The van der Waals surface area contributed by atoms with Crippen LogP contribution in [0.25, 0.3) is 0 Å². The molecule has 12 heteroatoms. The molecule has 0 saturated carbocycles. The summed E-state index contributed by atoms with van der Waals surface area (Å²) >= 11 is 22.9. The second kappa shape index (κ2) is 13.1. The smallest absolute Gasteiger partial charge is 0.253 e. The summed E-state index contributed by atoms with van der Waals surface area (Å²) in [5.41, 5.74) is 0.934. The Hall–Kier alpha value is -1.78. The lowest BCUT2D eigenvalue weighted by atomic mass is 10.0. The molecule has 2 amide bonds. The summed E-state index contributed by atoms with van der Waals surface area (Å²) in [7, 11) is 0. The monoisotopic (exact) mass is 631 g/mol. The SMILES string of the molecule is CCn1c(SCC(=O)Nc2ccc(Br)c(Cl)c2)nnc1[C@@H](CC(C)C)NC(=O)c1ccc(Cl)cc1Cl. The summed E-state index contributed by atoms with van der Waals surface area (Å²) in [6.07, 6.45) is 0.643. The lowest BCUT2D eigenvalue weighted by molar-refractivity contribution is -0.113.